The maximum atomic E-state index is 12.3. The van der Waals surface area contributed by atoms with Crippen LogP contribution in [0.2, 0.25) is 5.02 Å². The summed E-state index contributed by atoms with van der Waals surface area (Å²) in [6.45, 7) is 6.37. The van der Waals surface area contributed by atoms with E-state index < -0.39 is 10.0 Å². The summed E-state index contributed by atoms with van der Waals surface area (Å²) >= 11 is 6.23. The molecule has 0 saturated heterocycles. The molecule has 0 aliphatic carbocycles. The van der Waals surface area contributed by atoms with Crippen LogP contribution in [0.1, 0.15) is 37.5 Å². The van der Waals surface area contributed by atoms with Crippen molar-refractivity contribution in [2.24, 2.45) is 0 Å². The van der Waals surface area contributed by atoms with Gasteiger partial charge in [0.15, 0.2) is 0 Å². The third-order valence-electron chi connectivity index (χ3n) is 4.63. The molecule has 31 heavy (non-hydrogen) atoms. The molecule has 0 atom stereocenters. The second-order valence-electron chi connectivity index (χ2n) is 8.30. The highest BCUT2D eigenvalue weighted by atomic mass is 35.5. The molecule has 6 nitrogen and oxygen atoms in total. The molecule has 162 valence electrons. The Hall–Kier alpha value is -2.90. The van der Waals surface area contributed by atoms with Crippen LogP contribution in [0.25, 0.3) is 23.3 Å². The van der Waals surface area contributed by atoms with E-state index in [1.165, 1.54) is 6.20 Å². The first kappa shape index (κ1) is 22.8. The van der Waals surface area contributed by atoms with Gasteiger partial charge in [-0.05, 0) is 45.9 Å². The average Bonchev–Trinajstić information content (AvgIpc) is 2.65. The lowest BCUT2D eigenvalue weighted by atomic mass is 9.82. The van der Waals surface area contributed by atoms with E-state index in [0.29, 0.717) is 16.8 Å². The molecule has 0 spiro atoms. The van der Waals surface area contributed by atoms with Crippen LogP contribution in [0.3, 0.4) is 0 Å². The second kappa shape index (κ2) is 8.69. The van der Waals surface area contributed by atoms with Gasteiger partial charge in [-0.25, -0.2) is 13.5 Å². The minimum absolute atomic E-state index is 0.115. The number of benzene rings is 2. The minimum atomic E-state index is -3.32. The number of rotatable bonds is 5. The zero-order chi connectivity index (χ0) is 22.8. The SMILES string of the molecule is CC(C)(C)c1ccc(-c2c(Cl)cn[nH]c2=O)cc1/C=C/c1ccc(NS(C)(=O)=O)cc1. The average molecular weight is 458 g/mol. The quantitative estimate of drug-likeness (QED) is 0.531. The highest BCUT2D eigenvalue weighted by Crippen LogP contribution is 2.32. The van der Waals surface area contributed by atoms with Crippen molar-refractivity contribution in [3.05, 3.63) is 80.7 Å². The molecule has 1 heterocycles. The number of aromatic amines is 1. The fraction of sp³-hybridized carbons (Fsp3) is 0.217. The smallest absolute Gasteiger partial charge is 0.273 e. The fourth-order valence-corrected chi connectivity index (χ4v) is 4.05. The van der Waals surface area contributed by atoms with Crippen LogP contribution >= 0.6 is 11.6 Å². The summed E-state index contributed by atoms with van der Waals surface area (Å²) in [4.78, 5) is 12.3. The van der Waals surface area contributed by atoms with Crippen LogP contribution in [-0.4, -0.2) is 24.9 Å². The number of aromatic nitrogens is 2. The number of nitrogens with one attached hydrogen (secondary N) is 2. The molecule has 0 amide bonds. The highest BCUT2D eigenvalue weighted by Gasteiger charge is 2.19. The van der Waals surface area contributed by atoms with Crippen LogP contribution in [0.15, 0.2) is 53.5 Å². The van der Waals surface area contributed by atoms with Gasteiger partial charge in [-0.1, -0.05) is 68.8 Å². The highest BCUT2D eigenvalue weighted by molar-refractivity contribution is 7.92. The van der Waals surface area contributed by atoms with Gasteiger partial charge in [0.25, 0.3) is 5.56 Å². The molecule has 0 fully saturated rings. The lowest BCUT2D eigenvalue weighted by Gasteiger charge is -2.22. The zero-order valence-corrected chi connectivity index (χ0v) is 19.3. The molecular formula is C23H24ClN3O3S. The number of hydrogen-bond acceptors (Lipinski definition) is 4. The summed E-state index contributed by atoms with van der Waals surface area (Å²) in [5.41, 5.74) is 4.10. The van der Waals surface area contributed by atoms with E-state index in [2.05, 4.69) is 35.7 Å². The largest absolute Gasteiger partial charge is 0.284 e. The van der Waals surface area contributed by atoms with Crippen molar-refractivity contribution in [3.8, 4) is 11.1 Å². The molecule has 3 rings (SSSR count). The lowest BCUT2D eigenvalue weighted by Crippen LogP contribution is -2.14. The summed E-state index contributed by atoms with van der Waals surface area (Å²) in [5, 5.41) is 6.44. The first-order valence-electron chi connectivity index (χ1n) is 9.58. The topological polar surface area (TPSA) is 91.9 Å². The van der Waals surface area contributed by atoms with Crippen LogP contribution in [0, 0.1) is 0 Å². The second-order valence-corrected chi connectivity index (χ2v) is 10.5. The van der Waals surface area contributed by atoms with E-state index in [9.17, 15) is 13.2 Å². The van der Waals surface area contributed by atoms with E-state index >= 15 is 0 Å². The first-order chi connectivity index (χ1) is 14.4. The van der Waals surface area contributed by atoms with Gasteiger partial charge in [0.05, 0.1) is 23.0 Å². The van der Waals surface area contributed by atoms with Crippen molar-refractivity contribution < 1.29 is 8.42 Å². The van der Waals surface area contributed by atoms with Crippen molar-refractivity contribution in [1.29, 1.82) is 0 Å². The van der Waals surface area contributed by atoms with Gasteiger partial charge in [0, 0.05) is 5.69 Å². The Balaban J connectivity index is 2.01. The van der Waals surface area contributed by atoms with E-state index in [-0.39, 0.29) is 16.0 Å². The standard InChI is InChI=1S/C23H24ClN3O3S/c1-23(2,3)19-12-9-17(21-20(24)14-25-26-22(21)28)13-16(19)8-5-15-6-10-18(11-7-15)27-31(4,29)30/h5-14,27H,1-4H3,(H,26,28)/b8-5+. The fourth-order valence-electron chi connectivity index (χ4n) is 3.25. The van der Waals surface area contributed by atoms with Crippen molar-refractivity contribution in [2.45, 2.75) is 26.2 Å². The first-order valence-corrected chi connectivity index (χ1v) is 11.8. The van der Waals surface area contributed by atoms with Crippen LogP contribution in [0.4, 0.5) is 5.69 Å². The Morgan fingerprint density at radius 1 is 1.06 bits per heavy atom. The lowest BCUT2D eigenvalue weighted by molar-refractivity contribution is 0.589. The zero-order valence-electron chi connectivity index (χ0n) is 17.7. The molecule has 0 radical (unpaired) electrons. The normalized spacial score (nSPS) is 12.3. The molecule has 1 aromatic heterocycles. The van der Waals surface area contributed by atoms with Gasteiger partial charge < -0.3 is 0 Å². The van der Waals surface area contributed by atoms with Gasteiger partial charge in [-0.2, -0.15) is 5.10 Å². The predicted octanol–water partition coefficient (Wildman–Crippen LogP) is 4.93. The Morgan fingerprint density at radius 2 is 1.74 bits per heavy atom. The molecule has 0 unspecified atom stereocenters. The summed E-state index contributed by atoms with van der Waals surface area (Å²) < 4.78 is 25.2. The monoisotopic (exact) mass is 457 g/mol. The number of halogens is 1. The molecule has 8 heteroatoms. The molecule has 2 aromatic carbocycles. The molecule has 0 aliphatic heterocycles. The Kier molecular flexibility index (Phi) is 6.38. The summed E-state index contributed by atoms with van der Waals surface area (Å²) in [6, 6.07) is 12.9. The maximum Gasteiger partial charge on any atom is 0.273 e. The molecule has 3 aromatic rings. The van der Waals surface area contributed by atoms with Crippen LogP contribution in [-0.2, 0) is 15.4 Å². The number of nitrogens with zero attached hydrogens (tertiary/aromatic N) is 1. The van der Waals surface area contributed by atoms with E-state index in [4.69, 9.17) is 11.6 Å². The number of hydrogen-bond donors (Lipinski definition) is 2. The Bertz CT molecular complexity index is 1290. The van der Waals surface area contributed by atoms with Crippen molar-refractivity contribution in [3.63, 3.8) is 0 Å². The third kappa shape index (κ3) is 5.83. The van der Waals surface area contributed by atoms with Crippen LogP contribution in [0.5, 0.6) is 0 Å². The maximum absolute atomic E-state index is 12.3. The van der Waals surface area contributed by atoms with Gasteiger partial charge >= 0.3 is 0 Å². The third-order valence-corrected chi connectivity index (χ3v) is 5.52. The number of H-pyrrole nitrogens is 1. The van der Waals surface area contributed by atoms with Crippen molar-refractivity contribution in [1.82, 2.24) is 10.2 Å². The molecule has 0 aliphatic rings. The summed E-state index contributed by atoms with van der Waals surface area (Å²) in [5.74, 6) is 0. The van der Waals surface area contributed by atoms with Gasteiger partial charge in [0.2, 0.25) is 10.0 Å². The van der Waals surface area contributed by atoms with E-state index in [1.54, 1.807) is 12.1 Å². The number of sulfonamides is 1. The molecule has 0 bridgehead atoms. The summed E-state index contributed by atoms with van der Waals surface area (Å²) in [7, 11) is -3.32. The van der Waals surface area contributed by atoms with Crippen LogP contribution < -0.4 is 10.3 Å². The van der Waals surface area contributed by atoms with E-state index in [0.717, 1.165) is 22.9 Å². The molecule has 0 saturated carbocycles. The predicted molar refractivity (Wildman–Crippen MR) is 128 cm³/mol. The minimum Gasteiger partial charge on any atom is -0.284 e. The number of anilines is 1. The van der Waals surface area contributed by atoms with Gasteiger partial charge in [0.1, 0.15) is 0 Å². The molecular weight excluding hydrogens is 434 g/mol. The van der Waals surface area contributed by atoms with E-state index in [1.807, 2.05) is 42.5 Å². The summed E-state index contributed by atoms with van der Waals surface area (Å²) in [6.07, 6.45) is 6.45. The van der Waals surface area contributed by atoms with Gasteiger partial charge in [-0.3, -0.25) is 9.52 Å². The van der Waals surface area contributed by atoms with Gasteiger partial charge in [-0.15, -0.1) is 0 Å². The Labute approximate surface area is 187 Å². The van der Waals surface area contributed by atoms with Crippen molar-refractivity contribution in [2.75, 3.05) is 11.0 Å². The Morgan fingerprint density at radius 3 is 2.32 bits per heavy atom. The van der Waals surface area contributed by atoms with Crippen molar-refractivity contribution >= 4 is 39.5 Å². The molecule has 2 N–H and O–H groups in total.